The zero-order chi connectivity index (χ0) is 14.7. The summed E-state index contributed by atoms with van der Waals surface area (Å²) in [5.74, 6) is 0.213. The fourth-order valence-corrected chi connectivity index (χ4v) is 2.97. The van der Waals surface area contributed by atoms with E-state index in [2.05, 4.69) is 34.5 Å². The lowest BCUT2D eigenvalue weighted by Gasteiger charge is -2.21. The predicted molar refractivity (Wildman–Crippen MR) is 88.0 cm³/mol. The number of rotatable bonds is 2. The number of thiocarbonyl (C=S) groups is 1. The average molecular weight is 300 g/mol. The molecule has 0 radical (unpaired) electrons. The molecule has 2 nitrogen and oxygen atoms in total. The number of nitrogens with one attached hydrogen (secondary N) is 1. The largest absolute Gasteiger partial charge is 0.348 e. The number of hydrogen-bond donors (Lipinski definition) is 1. The van der Waals surface area contributed by atoms with Crippen molar-refractivity contribution in [2.24, 2.45) is 0 Å². The van der Waals surface area contributed by atoms with Crippen molar-refractivity contribution in [3.63, 3.8) is 0 Å². The maximum absolute atomic E-state index is 13.6. The van der Waals surface area contributed by atoms with Gasteiger partial charge in [0.15, 0.2) is 5.11 Å². The molecule has 0 amide bonds. The van der Waals surface area contributed by atoms with E-state index in [1.807, 2.05) is 6.07 Å². The van der Waals surface area contributed by atoms with Gasteiger partial charge in [-0.2, -0.15) is 0 Å². The van der Waals surface area contributed by atoms with Crippen LogP contribution in [0.25, 0.3) is 0 Å². The van der Waals surface area contributed by atoms with Gasteiger partial charge in [0.1, 0.15) is 5.82 Å². The Morgan fingerprint density at radius 2 is 1.81 bits per heavy atom. The molecule has 0 spiro atoms. The molecule has 108 valence electrons. The Kier molecular flexibility index (Phi) is 4.15. The standard InChI is InChI=1S/C17H17FN2S/c18-15-8-4-5-9-16(15)19-17(21)20-11-10-14(12-20)13-6-2-1-3-7-13/h1-9,14H,10-12H2,(H,19,21)/t14-/m0/s1. The minimum atomic E-state index is -0.279. The van der Waals surface area contributed by atoms with Gasteiger partial charge in [-0.15, -0.1) is 0 Å². The maximum atomic E-state index is 13.6. The van der Waals surface area contributed by atoms with E-state index >= 15 is 0 Å². The number of halogens is 1. The lowest BCUT2D eigenvalue weighted by Crippen LogP contribution is -2.32. The maximum Gasteiger partial charge on any atom is 0.173 e. The quantitative estimate of drug-likeness (QED) is 0.844. The van der Waals surface area contributed by atoms with Crippen molar-refractivity contribution in [1.29, 1.82) is 0 Å². The monoisotopic (exact) mass is 300 g/mol. The highest BCUT2D eigenvalue weighted by Crippen LogP contribution is 2.27. The topological polar surface area (TPSA) is 15.3 Å². The van der Waals surface area contributed by atoms with Crippen LogP contribution in [0.5, 0.6) is 0 Å². The van der Waals surface area contributed by atoms with E-state index in [4.69, 9.17) is 12.2 Å². The average Bonchev–Trinajstić information content (AvgIpc) is 3.00. The molecule has 0 unspecified atom stereocenters. The van der Waals surface area contributed by atoms with Gasteiger partial charge in [-0.05, 0) is 36.3 Å². The number of anilines is 1. The van der Waals surface area contributed by atoms with Crippen LogP contribution >= 0.6 is 12.2 Å². The summed E-state index contributed by atoms with van der Waals surface area (Å²) in [7, 11) is 0. The van der Waals surface area contributed by atoms with Crippen LogP contribution in [0.4, 0.5) is 10.1 Å². The number of para-hydroxylation sites is 1. The molecule has 3 rings (SSSR count). The molecule has 2 aromatic carbocycles. The zero-order valence-electron chi connectivity index (χ0n) is 11.6. The van der Waals surface area contributed by atoms with Crippen LogP contribution in [0.15, 0.2) is 54.6 Å². The molecule has 4 heteroatoms. The Labute approximate surface area is 129 Å². The number of nitrogens with zero attached hydrogens (tertiary/aromatic N) is 1. The fraction of sp³-hybridized carbons (Fsp3) is 0.235. The molecule has 1 N–H and O–H groups in total. The Hall–Kier alpha value is -1.94. The van der Waals surface area contributed by atoms with Crippen molar-refractivity contribution in [3.8, 4) is 0 Å². The summed E-state index contributed by atoms with van der Waals surface area (Å²) in [5, 5.41) is 3.60. The van der Waals surface area contributed by atoms with Gasteiger partial charge in [-0.3, -0.25) is 0 Å². The molecule has 2 aromatic rings. The number of hydrogen-bond acceptors (Lipinski definition) is 1. The SMILES string of the molecule is Fc1ccccc1NC(=S)N1CC[C@H](c2ccccc2)C1. The number of likely N-dealkylation sites (tertiary alicyclic amines) is 1. The van der Waals surface area contributed by atoms with E-state index in [9.17, 15) is 4.39 Å². The summed E-state index contributed by atoms with van der Waals surface area (Å²) in [4.78, 5) is 2.11. The Bertz CT molecular complexity index is 630. The zero-order valence-corrected chi connectivity index (χ0v) is 12.4. The summed E-state index contributed by atoms with van der Waals surface area (Å²) < 4.78 is 13.6. The van der Waals surface area contributed by atoms with Gasteiger partial charge < -0.3 is 10.2 Å². The van der Waals surface area contributed by atoms with Gasteiger partial charge in [-0.25, -0.2) is 4.39 Å². The van der Waals surface area contributed by atoms with E-state index in [0.717, 1.165) is 19.5 Å². The van der Waals surface area contributed by atoms with E-state index in [-0.39, 0.29) is 5.82 Å². The molecule has 0 bridgehead atoms. The fourth-order valence-electron chi connectivity index (χ4n) is 2.70. The van der Waals surface area contributed by atoms with Gasteiger partial charge in [0, 0.05) is 19.0 Å². The first-order valence-corrected chi connectivity index (χ1v) is 7.50. The molecular formula is C17H17FN2S. The highest BCUT2D eigenvalue weighted by molar-refractivity contribution is 7.80. The molecule has 1 saturated heterocycles. The van der Waals surface area contributed by atoms with Gasteiger partial charge in [0.05, 0.1) is 5.69 Å². The normalized spacial score (nSPS) is 17.8. The second kappa shape index (κ2) is 6.22. The van der Waals surface area contributed by atoms with Crippen LogP contribution in [-0.4, -0.2) is 23.1 Å². The highest BCUT2D eigenvalue weighted by atomic mass is 32.1. The minimum Gasteiger partial charge on any atom is -0.348 e. The highest BCUT2D eigenvalue weighted by Gasteiger charge is 2.25. The molecule has 21 heavy (non-hydrogen) atoms. The molecule has 1 fully saturated rings. The molecule has 1 aliphatic rings. The van der Waals surface area contributed by atoms with Crippen LogP contribution in [-0.2, 0) is 0 Å². The Morgan fingerprint density at radius 3 is 2.57 bits per heavy atom. The van der Waals surface area contributed by atoms with Crippen LogP contribution in [0.2, 0.25) is 0 Å². The minimum absolute atomic E-state index is 0.279. The first kappa shape index (κ1) is 14.0. The third-order valence-electron chi connectivity index (χ3n) is 3.86. The van der Waals surface area contributed by atoms with Crippen LogP contribution in [0.1, 0.15) is 17.9 Å². The molecule has 1 aliphatic heterocycles. The van der Waals surface area contributed by atoms with E-state index in [1.165, 1.54) is 11.6 Å². The van der Waals surface area contributed by atoms with Crippen molar-refractivity contribution in [2.45, 2.75) is 12.3 Å². The van der Waals surface area contributed by atoms with E-state index < -0.39 is 0 Å². The van der Waals surface area contributed by atoms with Crippen LogP contribution < -0.4 is 5.32 Å². The van der Waals surface area contributed by atoms with Crippen molar-refractivity contribution in [2.75, 3.05) is 18.4 Å². The molecule has 0 aromatic heterocycles. The van der Waals surface area contributed by atoms with Crippen molar-refractivity contribution >= 4 is 23.0 Å². The second-order valence-electron chi connectivity index (χ2n) is 5.25. The Balaban J connectivity index is 1.64. The molecule has 0 saturated carbocycles. The first-order chi connectivity index (χ1) is 10.2. The molecule has 0 aliphatic carbocycles. The predicted octanol–water partition coefficient (Wildman–Crippen LogP) is 4.01. The molecule has 1 heterocycles. The summed E-state index contributed by atoms with van der Waals surface area (Å²) >= 11 is 5.41. The van der Waals surface area contributed by atoms with Gasteiger partial charge in [0.2, 0.25) is 0 Å². The smallest absolute Gasteiger partial charge is 0.173 e. The van der Waals surface area contributed by atoms with Crippen molar-refractivity contribution in [1.82, 2.24) is 4.90 Å². The molecule has 1 atom stereocenters. The lowest BCUT2D eigenvalue weighted by atomic mass is 9.99. The lowest BCUT2D eigenvalue weighted by molar-refractivity contribution is 0.518. The third-order valence-corrected chi connectivity index (χ3v) is 4.22. The summed E-state index contributed by atoms with van der Waals surface area (Å²) in [6.45, 7) is 1.78. The number of benzene rings is 2. The van der Waals surface area contributed by atoms with Crippen LogP contribution in [0, 0.1) is 5.82 Å². The second-order valence-corrected chi connectivity index (χ2v) is 5.64. The van der Waals surface area contributed by atoms with E-state index in [1.54, 1.807) is 18.2 Å². The van der Waals surface area contributed by atoms with Gasteiger partial charge in [-0.1, -0.05) is 42.5 Å². The van der Waals surface area contributed by atoms with Crippen molar-refractivity contribution in [3.05, 3.63) is 66.0 Å². The summed E-state index contributed by atoms with van der Waals surface area (Å²) in [6, 6.07) is 17.1. The third kappa shape index (κ3) is 3.22. The van der Waals surface area contributed by atoms with Gasteiger partial charge >= 0.3 is 0 Å². The van der Waals surface area contributed by atoms with Gasteiger partial charge in [0.25, 0.3) is 0 Å². The van der Waals surface area contributed by atoms with Crippen LogP contribution in [0.3, 0.4) is 0 Å². The summed E-state index contributed by atoms with van der Waals surface area (Å²) in [6.07, 6.45) is 1.07. The molecular weight excluding hydrogens is 283 g/mol. The van der Waals surface area contributed by atoms with Crippen molar-refractivity contribution < 1.29 is 4.39 Å². The van der Waals surface area contributed by atoms with E-state index in [0.29, 0.717) is 16.7 Å². The summed E-state index contributed by atoms with van der Waals surface area (Å²) in [5.41, 5.74) is 1.78. The first-order valence-electron chi connectivity index (χ1n) is 7.09. The Morgan fingerprint density at radius 1 is 1.10 bits per heavy atom.